The Bertz CT molecular complexity index is 140. The minimum absolute atomic E-state index is 0.492. The van der Waals surface area contributed by atoms with Crippen LogP contribution in [0.3, 0.4) is 0 Å². The number of fused-ring (bicyclic) bond motifs is 1. The number of likely N-dealkylation sites (tertiary alicyclic amines) is 1. The van der Waals surface area contributed by atoms with Crippen molar-refractivity contribution in [2.75, 3.05) is 13.6 Å². The molecular weight excluding hydrogens is 148 g/mol. The molecule has 0 radical (unpaired) electrons. The summed E-state index contributed by atoms with van der Waals surface area (Å²) in [5.74, 6) is 0.803. The van der Waals surface area contributed by atoms with Gasteiger partial charge in [-0.3, -0.25) is 0 Å². The third-order valence-corrected chi connectivity index (χ3v) is 3.70. The number of piperidine rings is 1. The van der Waals surface area contributed by atoms with Gasteiger partial charge in [0.05, 0.1) is 0 Å². The molecule has 1 heterocycles. The van der Waals surface area contributed by atoms with E-state index in [1.165, 1.54) is 38.6 Å². The smallest absolute Gasteiger partial charge is 0.0135 e. The average molecular weight is 168 g/mol. The third kappa shape index (κ3) is 1.38. The molecule has 0 unspecified atom stereocenters. The summed E-state index contributed by atoms with van der Waals surface area (Å²) in [6.07, 6.45) is 6.71. The van der Waals surface area contributed by atoms with Gasteiger partial charge in [-0.05, 0) is 45.2 Å². The van der Waals surface area contributed by atoms with Crippen LogP contribution in [0, 0.1) is 5.92 Å². The van der Waals surface area contributed by atoms with E-state index in [9.17, 15) is 0 Å². The van der Waals surface area contributed by atoms with E-state index in [0.717, 1.165) is 12.0 Å². The van der Waals surface area contributed by atoms with Crippen molar-refractivity contribution in [3.05, 3.63) is 0 Å². The summed E-state index contributed by atoms with van der Waals surface area (Å²) in [5, 5.41) is 0. The summed E-state index contributed by atoms with van der Waals surface area (Å²) in [6, 6.07) is 1.30. The molecule has 70 valence electrons. The lowest BCUT2D eigenvalue weighted by Gasteiger charge is -2.45. The van der Waals surface area contributed by atoms with E-state index in [4.69, 9.17) is 5.73 Å². The van der Waals surface area contributed by atoms with Crippen molar-refractivity contribution in [3.63, 3.8) is 0 Å². The standard InChI is InChI=1S/C10H20N2/c1-12-7-3-4-8-9(11)5-2-6-10(8)12/h8-10H,2-7,11H2,1H3/t8-,9-,10+/m1/s1. The fraction of sp³-hybridized carbons (Fsp3) is 1.00. The van der Waals surface area contributed by atoms with Gasteiger partial charge in [-0.25, -0.2) is 0 Å². The van der Waals surface area contributed by atoms with E-state index in [1.54, 1.807) is 0 Å². The van der Waals surface area contributed by atoms with Crippen molar-refractivity contribution >= 4 is 0 Å². The van der Waals surface area contributed by atoms with Crippen LogP contribution in [-0.4, -0.2) is 30.6 Å². The normalized spacial score (nSPS) is 44.0. The molecule has 2 heteroatoms. The summed E-state index contributed by atoms with van der Waals surface area (Å²) in [5.41, 5.74) is 6.12. The molecule has 3 atom stereocenters. The average Bonchev–Trinajstić information content (AvgIpc) is 2.07. The van der Waals surface area contributed by atoms with Crippen molar-refractivity contribution < 1.29 is 0 Å². The first kappa shape index (κ1) is 8.52. The minimum atomic E-state index is 0.492. The summed E-state index contributed by atoms with van der Waals surface area (Å²) in [7, 11) is 2.26. The third-order valence-electron chi connectivity index (χ3n) is 3.70. The molecule has 0 spiro atoms. The maximum atomic E-state index is 6.12. The molecule has 0 amide bonds. The second kappa shape index (κ2) is 3.35. The molecule has 2 rings (SSSR count). The zero-order valence-corrected chi connectivity index (χ0v) is 8.00. The molecule has 2 fully saturated rings. The zero-order chi connectivity index (χ0) is 8.55. The molecular formula is C10H20N2. The number of nitrogens with two attached hydrogens (primary N) is 1. The molecule has 2 aliphatic rings. The summed E-state index contributed by atoms with van der Waals surface area (Å²) in [4.78, 5) is 2.52. The maximum Gasteiger partial charge on any atom is 0.0135 e. The first-order valence-corrected chi connectivity index (χ1v) is 5.25. The first-order chi connectivity index (χ1) is 5.79. The largest absolute Gasteiger partial charge is 0.327 e. The molecule has 12 heavy (non-hydrogen) atoms. The predicted molar refractivity (Wildman–Crippen MR) is 51.0 cm³/mol. The van der Waals surface area contributed by atoms with E-state index in [0.29, 0.717) is 6.04 Å². The van der Waals surface area contributed by atoms with Crippen molar-refractivity contribution in [2.45, 2.75) is 44.2 Å². The van der Waals surface area contributed by atoms with Gasteiger partial charge in [0.2, 0.25) is 0 Å². The van der Waals surface area contributed by atoms with Crippen molar-refractivity contribution in [2.24, 2.45) is 11.7 Å². The summed E-state index contributed by atoms with van der Waals surface area (Å²) >= 11 is 0. The van der Waals surface area contributed by atoms with Crippen molar-refractivity contribution in [1.29, 1.82) is 0 Å². The van der Waals surface area contributed by atoms with Crippen molar-refractivity contribution in [3.8, 4) is 0 Å². The Kier molecular flexibility index (Phi) is 2.37. The van der Waals surface area contributed by atoms with Gasteiger partial charge in [0.15, 0.2) is 0 Å². The molecule has 0 aromatic rings. The number of nitrogens with zero attached hydrogens (tertiary/aromatic N) is 1. The van der Waals surface area contributed by atoms with Crippen LogP contribution in [0.4, 0.5) is 0 Å². The van der Waals surface area contributed by atoms with E-state index in [2.05, 4.69) is 11.9 Å². The van der Waals surface area contributed by atoms with Gasteiger partial charge in [0, 0.05) is 12.1 Å². The molecule has 1 saturated heterocycles. The molecule has 0 aromatic carbocycles. The lowest BCUT2D eigenvalue weighted by atomic mass is 9.75. The van der Waals surface area contributed by atoms with Crippen LogP contribution in [0.2, 0.25) is 0 Å². The van der Waals surface area contributed by atoms with Crippen LogP contribution in [0.5, 0.6) is 0 Å². The zero-order valence-electron chi connectivity index (χ0n) is 8.00. The first-order valence-electron chi connectivity index (χ1n) is 5.25. The highest BCUT2D eigenvalue weighted by Gasteiger charge is 2.35. The summed E-state index contributed by atoms with van der Waals surface area (Å²) < 4.78 is 0. The molecule has 1 aliphatic heterocycles. The number of rotatable bonds is 0. The second-order valence-electron chi connectivity index (χ2n) is 4.45. The number of hydrogen-bond donors (Lipinski definition) is 1. The Morgan fingerprint density at radius 2 is 2.00 bits per heavy atom. The number of hydrogen-bond acceptors (Lipinski definition) is 2. The molecule has 1 aliphatic carbocycles. The highest BCUT2D eigenvalue weighted by Crippen LogP contribution is 2.33. The Hall–Kier alpha value is -0.0800. The van der Waals surface area contributed by atoms with E-state index >= 15 is 0 Å². The van der Waals surface area contributed by atoms with Gasteiger partial charge in [0.1, 0.15) is 0 Å². The van der Waals surface area contributed by atoms with Crippen LogP contribution in [0.25, 0.3) is 0 Å². The van der Waals surface area contributed by atoms with Gasteiger partial charge in [-0.1, -0.05) is 6.42 Å². The highest BCUT2D eigenvalue weighted by molar-refractivity contribution is 4.92. The Balaban J connectivity index is 2.05. The highest BCUT2D eigenvalue weighted by atomic mass is 15.1. The fourth-order valence-electron chi connectivity index (χ4n) is 2.97. The Morgan fingerprint density at radius 3 is 2.75 bits per heavy atom. The molecule has 0 aromatic heterocycles. The Morgan fingerprint density at radius 1 is 1.17 bits per heavy atom. The van der Waals surface area contributed by atoms with Crippen LogP contribution in [-0.2, 0) is 0 Å². The molecule has 2 nitrogen and oxygen atoms in total. The van der Waals surface area contributed by atoms with Crippen molar-refractivity contribution in [1.82, 2.24) is 4.90 Å². The van der Waals surface area contributed by atoms with Gasteiger partial charge in [-0.2, -0.15) is 0 Å². The van der Waals surface area contributed by atoms with Crippen LogP contribution >= 0.6 is 0 Å². The minimum Gasteiger partial charge on any atom is -0.327 e. The van der Waals surface area contributed by atoms with E-state index in [1.807, 2.05) is 0 Å². The second-order valence-corrected chi connectivity index (χ2v) is 4.45. The van der Waals surface area contributed by atoms with Crippen LogP contribution in [0.1, 0.15) is 32.1 Å². The van der Waals surface area contributed by atoms with E-state index < -0.39 is 0 Å². The lowest BCUT2D eigenvalue weighted by Crippen LogP contribution is -2.52. The molecule has 1 saturated carbocycles. The van der Waals surface area contributed by atoms with Gasteiger partial charge in [-0.15, -0.1) is 0 Å². The molecule has 0 bridgehead atoms. The van der Waals surface area contributed by atoms with Gasteiger partial charge >= 0.3 is 0 Å². The van der Waals surface area contributed by atoms with E-state index in [-0.39, 0.29) is 0 Å². The lowest BCUT2D eigenvalue weighted by molar-refractivity contribution is 0.0703. The van der Waals surface area contributed by atoms with Crippen LogP contribution < -0.4 is 5.73 Å². The summed E-state index contributed by atoms with van der Waals surface area (Å²) in [6.45, 7) is 1.29. The van der Waals surface area contributed by atoms with Crippen LogP contribution in [0.15, 0.2) is 0 Å². The molecule has 2 N–H and O–H groups in total. The fourth-order valence-corrected chi connectivity index (χ4v) is 2.97. The van der Waals surface area contributed by atoms with Gasteiger partial charge < -0.3 is 10.6 Å². The van der Waals surface area contributed by atoms with Gasteiger partial charge in [0.25, 0.3) is 0 Å². The SMILES string of the molecule is CN1CCC[C@@H]2[C@H](N)CCC[C@@H]21. The quantitative estimate of drug-likeness (QED) is 0.589. The predicted octanol–water partition coefficient (Wildman–Crippen LogP) is 1.21. The maximum absolute atomic E-state index is 6.12. The monoisotopic (exact) mass is 168 g/mol. The topological polar surface area (TPSA) is 29.3 Å². The Labute approximate surface area is 75.1 Å².